The largest absolute Gasteiger partial charge is 0.306 e. The Hall–Kier alpha value is -2.26. The average molecular weight is 277 g/mol. The standard InChI is InChI=1S/C18H15NO2/c1-2-3-10-6-12-9-19-14-8-11-4-5-15(20)18(21)17(11)13(7-10)16(12)14/h2,4-7,14,19H,1,3,8-9H2. The molecule has 0 fully saturated rings. The van der Waals surface area contributed by atoms with Gasteiger partial charge in [0.05, 0.1) is 0 Å². The van der Waals surface area contributed by atoms with Gasteiger partial charge >= 0.3 is 0 Å². The number of allylic oxidation sites excluding steroid dienone is 4. The first kappa shape index (κ1) is 12.5. The van der Waals surface area contributed by atoms with E-state index in [1.54, 1.807) is 0 Å². The molecule has 1 aromatic rings. The highest BCUT2D eigenvalue weighted by Crippen LogP contribution is 2.44. The summed E-state index contributed by atoms with van der Waals surface area (Å²) in [6.07, 6.45) is 6.62. The predicted molar refractivity (Wildman–Crippen MR) is 80.6 cm³/mol. The Bertz CT molecular complexity index is 768. The molecule has 1 unspecified atom stereocenters. The molecule has 104 valence electrons. The van der Waals surface area contributed by atoms with Gasteiger partial charge in [0, 0.05) is 18.2 Å². The minimum atomic E-state index is -0.416. The topological polar surface area (TPSA) is 46.2 Å². The number of nitrogens with one attached hydrogen (secondary N) is 1. The molecule has 3 heteroatoms. The van der Waals surface area contributed by atoms with Crippen LogP contribution in [-0.2, 0) is 22.6 Å². The summed E-state index contributed by atoms with van der Waals surface area (Å²) in [6, 6.07) is 4.50. The number of fused-ring (bicyclic) bond motifs is 1. The van der Waals surface area contributed by atoms with Gasteiger partial charge in [-0.3, -0.25) is 9.59 Å². The second kappa shape index (κ2) is 4.37. The van der Waals surface area contributed by atoms with Gasteiger partial charge in [0.15, 0.2) is 0 Å². The molecule has 1 heterocycles. The van der Waals surface area contributed by atoms with E-state index < -0.39 is 5.78 Å². The Morgan fingerprint density at radius 2 is 2.14 bits per heavy atom. The van der Waals surface area contributed by atoms with Crippen LogP contribution < -0.4 is 5.32 Å². The minimum Gasteiger partial charge on any atom is -0.306 e. The lowest BCUT2D eigenvalue weighted by Gasteiger charge is -2.27. The molecule has 21 heavy (non-hydrogen) atoms. The third-order valence-electron chi connectivity index (χ3n) is 4.49. The molecule has 0 aromatic heterocycles. The normalized spacial score (nSPS) is 22.4. The monoisotopic (exact) mass is 277 g/mol. The highest BCUT2D eigenvalue weighted by atomic mass is 16.2. The second-order valence-corrected chi connectivity index (χ2v) is 5.77. The number of hydrogen-bond acceptors (Lipinski definition) is 3. The molecule has 1 atom stereocenters. The summed E-state index contributed by atoms with van der Waals surface area (Å²) in [7, 11) is 0. The third kappa shape index (κ3) is 1.71. The van der Waals surface area contributed by atoms with E-state index in [4.69, 9.17) is 0 Å². The van der Waals surface area contributed by atoms with Crippen molar-refractivity contribution in [3.05, 3.63) is 64.8 Å². The average Bonchev–Trinajstić information content (AvgIpc) is 2.87. The van der Waals surface area contributed by atoms with Crippen molar-refractivity contribution in [3.63, 3.8) is 0 Å². The van der Waals surface area contributed by atoms with Crippen molar-refractivity contribution in [3.8, 4) is 0 Å². The lowest BCUT2D eigenvalue weighted by Crippen LogP contribution is -2.25. The van der Waals surface area contributed by atoms with Gasteiger partial charge < -0.3 is 5.32 Å². The Morgan fingerprint density at radius 1 is 1.29 bits per heavy atom. The molecule has 1 aliphatic heterocycles. The van der Waals surface area contributed by atoms with Crippen LogP contribution >= 0.6 is 0 Å². The van der Waals surface area contributed by atoms with Crippen LogP contribution in [0.1, 0.15) is 34.7 Å². The van der Waals surface area contributed by atoms with Crippen molar-refractivity contribution in [1.82, 2.24) is 5.32 Å². The fourth-order valence-corrected chi connectivity index (χ4v) is 3.63. The van der Waals surface area contributed by atoms with Gasteiger partial charge in [0.2, 0.25) is 11.6 Å². The molecule has 1 N–H and O–H groups in total. The summed E-state index contributed by atoms with van der Waals surface area (Å²) >= 11 is 0. The lowest BCUT2D eigenvalue weighted by atomic mass is 9.77. The summed E-state index contributed by atoms with van der Waals surface area (Å²) < 4.78 is 0. The molecule has 1 aromatic carbocycles. The molecule has 3 nitrogen and oxygen atoms in total. The highest BCUT2D eigenvalue weighted by molar-refractivity contribution is 6.58. The van der Waals surface area contributed by atoms with Crippen LogP contribution in [0.5, 0.6) is 0 Å². The van der Waals surface area contributed by atoms with Gasteiger partial charge in [-0.15, -0.1) is 6.58 Å². The number of Topliss-reactive ketones (excluding diaryl/α,β-unsaturated/α-hetero) is 1. The Morgan fingerprint density at radius 3 is 2.95 bits per heavy atom. The third-order valence-corrected chi connectivity index (χ3v) is 4.49. The molecule has 2 aliphatic carbocycles. The van der Waals surface area contributed by atoms with Crippen LogP contribution in [0.4, 0.5) is 0 Å². The summed E-state index contributed by atoms with van der Waals surface area (Å²) in [5.41, 5.74) is 6.14. The zero-order valence-corrected chi connectivity index (χ0v) is 11.6. The smallest absolute Gasteiger partial charge is 0.233 e. The van der Waals surface area contributed by atoms with E-state index in [1.165, 1.54) is 17.2 Å². The van der Waals surface area contributed by atoms with Gasteiger partial charge in [-0.05, 0) is 46.7 Å². The molecular weight excluding hydrogens is 262 g/mol. The first-order chi connectivity index (χ1) is 10.2. The number of carbonyl (C=O) groups excluding carboxylic acids is 2. The first-order valence-corrected chi connectivity index (χ1v) is 7.19. The van der Waals surface area contributed by atoms with E-state index in [0.717, 1.165) is 36.1 Å². The van der Waals surface area contributed by atoms with Crippen molar-refractivity contribution >= 4 is 17.1 Å². The van der Waals surface area contributed by atoms with Gasteiger partial charge in [-0.25, -0.2) is 0 Å². The van der Waals surface area contributed by atoms with Crippen molar-refractivity contribution in [1.29, 1.82) is 0 Å². The Labute approximate surface area is 123 Å². The van der Waals surface area contributed by atoms with Crippen LogP contribution in [0, 0.1) is 0 Å². The van der Waals surface area contributed by atoms with Gasteiger partial charge in [0.25, 0.3) is 0 Å². The predicted octanol–water partition coefficient (Wildman–Crippen LogP) is 2.42. The molecule has 4 rings (SSSR count). The lowest BCUT2D eigenvalue weighted by molar-refractivity contribution is -0.130. The number of hydrogen-bond donors (Lipinski definition) is 1. The molecule has 0 saturated heterocycles. The van der Waals surface area contributed by atoms with E-state index in [1.807, 2.05) is 12.2 Å². The Kier molecular flexibility index (Phi) is 2.59. The van der Waals surface area contributed by atoms with E-state index in [0.29, 0.717) is 5.57 Å². The van der Waals surface area contributed by atoms with E-state index in [2.05, 4.69) is 24.0 Å². The molecule has 3 aliphatic rings. The summed E-state index contributed by atoms with van der Waals surface area (Å²) in [5, 5.41) is 3.50. The highest BCUT2D eigenvalue weighted by Gasteiger charge is 2.37. The van der Waals surface area contributed by atoms with E-state index >= 15 is 0 Å². The molecule has 0 amide bonds. The minimum absolute atomic E-state index is 0.261. The van der Waals surface area contributed by atoms with Crippen LogP contribution in [0.3, 0.4) is 0 Å². The molecule has 0 radical (unpaired) electrons. The zero-order chi connectivity index (χ0) is 14.6. The SMILES string of the molecule is C=CCc1cc2c3c(c1)C1=C(C=CC(=O)C1=O)CC3NC2. The molecular formula is C18H15NO2. The fraction of sp³-hybridized carbons (Fsp3) is 0.222. The zero-order valence-electron chi connectivity index (χ0n) is 11.6. The molecule has 0 saturated carbocycles. The summed E-state index contributed by atoms with van der Waals surface area (Å²) in [4.78, 5) is 24.1. The number of rotatable bonds is 2. The van der Waals surface area contributed by atoms with E-state index in [9.17, 15) is 9.59 Å². The summed E-state index contributed by atoms with van der Waals surface area (Å²) in [5.74, 6) is -0.781. The maximum atomic E-state index is 12.3. The Balaban J connectivity index is 1.98. The second-order valence-electron chi connectivity index (χ2n) is 5.77. The quantitative estimate of drug-likeness (QED) is 0.513. The van der Waals surface area contributed by atoms with Crippen LogP contribution in [0.2, 0.25) is 0 Å². The molecule has 0 bridgehead atoms. The van der Waals surface area contributed by atoms with Crippen molar-refractivity contribution < 1.29 is 9.59 Å². The maximum Gasteiger partial charge on any atom is 0.233 e. The number of ketones is 2. The van der Waals surface area contributed by atoms with E-state index in [-0.39, 0.29) is 11.8 Å². The fourth-order valence-electron chi connectivity index (χ4n) is 3.63. The summed E-state index contributed by atoms with van der Waals surface area (Å²) in [6.45, 7) is 4.61. The first-order valence-electron chi connectivity index (χ1n) is 7.19. The van der Waals surface area contributed by atoms with Crippen molar-refractivity contribution in [2.75, 3.05) is 0 Å². The van der Waals surface area contributed by atoms with Crippen LogP contribution in [0.15, 0.2) is 42.5 Å². The van der Waals surface area contributed by atoms with Gasteiger partial charge in [0.1, 0.15) is 0 Å². The van der Waals surface area contributed by atoms with Crippen LogP contribution in [-0.4, -0.2) is 11.6 Å². The van der Waals surface area contributed by atoms with Crippen molar-refractivity contribution in [2.45, 2.75) is 25.4 Å². The van der Waals surface area contributed by atoms with Gasteiger partial charge in [-0.2, -0.15) is 0 Å². The maximum absolute atomic E-state index is 12.3. The van der Waals surface area contributed by atoms with Crippen molar-refractivity contribution in [2.24, 2.45) is 0 Å². The number of benzene rings is 1. The van der Waals surface area contributed by atoms with Gasteiger partial charge in [-0.1, -0.05) is 24.3 Å². The molecule has 0 spiro atoms. The number of carbonyl (C=O) groups is 2. The van der Waals surface area contributed by atoms with Crippen LogP contribution in [0.25, 0.3) is 5.57 Å².